The summed E-state index contributed by atoms with van der Waals surface area (Å²) in [5.74, 6) is 0. The Bertz CT molecular complexity index is 157. The van der Waals surface area contributed by atoms with Crippen molar-refractivity contribution < 1.29 is 50.1 Å². The maximum atomic E-state index is 9.63. The molecule has 65 valence electrons. The van der Waals surface area contributed by atoms with Gasteiger partial charge in [-0.25, -0.2) is 9.13 Å². The van der Waals surface area contributed by atoms with E-state index in [0.717, 1.165) is 0 Å². The molecule has 0 aromatic carbocycles. The predicted octanol–water partition coefficient (Wildman–Crippen LogP) is -1.46. The van der Waals surface area contributed by atoms with Gasteiger partial charge in [0.1, 0.15) is 0 Å². The van der Waals surface area contributed by atoms with Crippen LogP contribution in [0, 0.1) is 0 Å². The van der Waals surface area contributed by atoms with Gasteiger partial charge >= 0.3 is 45.2 Å². The average Bonchev–Trinajstić information content (AvgIpc) is 1.14. The molecule has 0 rings (SSSR count). The fraction of sp³-hybridized carbons (Fsp3) is 0. The van der Waals surface area contributed by atoms with Crippen molar-refractivity contribution in [2.24, 2.45) is 0 Å². The Balaban J connectivity index is -0.000000320. The molecule has 0 aliphatic rings. The molecule has 0 fully saturated rings. The second-order valence-corrected chi connectivity index (χ2v) is 3.68. The molecule has 0 heterocycles. The van der Waals surface area contributed by atoms with Gasteiger partial charge in [0.2, 0.25) is 0 Å². The number of rotatable bonds is 2. The van der Waals surface area contributed by atoms with E-state index in [9.17, 15) is 9.13 Å². The van der Waals surface area contributed by atoms with Crippen LogP contribution in [0.3, 0.4) is 0 Å². The van der Waals surface area contributed by atoms with E-state index in [4.69, 9.17) is 19.6 Å². The van der Waals surface area contributed by atoms with E-state index in [1.165, 1.54) is 0 Å². The zero-order valence-electron chi connectivity index (χ0n) is 4.29. The summed E-state index contributed by atoms with van der Waals surface area (Å²) in [5.41, 5.74) is 0. The van der Waals surface area contributed by atoms with Crippen LogP contribution >= 0.6 is 15.6 Å². The van der Waals surface area contributed by atoms with E-state index in [-0.39, 0.29) is 46.6 Å². The third kappa shape index (κ3) is 18.6. The monoisotopic (exact) mass is 257 g/mol. The molecule has 0 saturated heterocycles. The van der Waals surface area contributed by atoms with E-state index in [0.29, 0.717) is 0 Å². The van der Waals surface area contributed by atoms with Gasteiger partial charge in [0.25, 0.3) is 0 Å². The quantitative estimate of drug-likeness (QED) is 0.352. The van der Waals surface area contributed by atoms with Crippen LogP contribution in [0.15, 0.2) is 0 Å². The topological polar surface area (TPSA) is 124 Å². The van der Waals surface area contributed by atoms with Crippen LogP contribution in [0.1, 0.15) is 0 Å². The summed E-state index contributed by atoms with van der Waals surface area (Å²) in [6.45, 7) is 0. The fourth-order valence-corrected chi connectivity index (χ4v) is 1.25. The van der Waals surface area contributed by atoms with Gasteiger partial charge in [-0.2, -0.15) is 4.31 Å². The molecule has 0 atom stereocenters. The van der Waals surface area contributed by atoms with Crippen molar-refractivity contribution in [2.75, 3.05) is 0 Å². The molecule has 0 aromatic rings. The minimum atomic E-state index is -5.05. The van der Waals surface area contributed by atoms with Crippen molar-refractivity contribution in [1.29, 1.82) is 0 Å². The van der Waals surface area contributed by atoms with Crippen LogP contribution in [0.4, 0.5) is 0 Å². The first-order valence-electron chi connectivity index (χ1n) is 1.53. The van der Waals surface area contributed by atoms with Crippen molar-refractivity contribution in [1.82, 2.24) is 0 Å². The predicted molar refractivity (Wildman–Crippen MR) is 32.3 cm³/mol. The molecule has 0 spiro atoms. The van der Waals surface area contributed by atoms with Crippen LogP contribution in [0.25, 0.3) is 0 Å². The first kappa shape index (κ1) is 18.5. The Kier molecular flexibility index (Phi) is 10.6. The second kappa shape index (κ2) is 6.27. The van der Waals surface area contributed by atoms with Crippen molar-refractivity contribution in [3.63, 3.8) is 0 Å². The summed E-state index contributed by atoms with van der Waals surface area (Å²) in [6, 6.07) is 0. The molecule has 0 aliphatic heterocycles. The third-order valence-corrected chi connectivity index (χ3v) is 1.91. The van der Waals surface area contributed by atoms with E-state index in [2.05, 4.69) is 4.31 Å². The van der Waals surface area contributed by atoms with Gasteiger partial charge in [0.05, 0.1) is 0 Å². The Morgan fingerprint density at radius 3 is 1.09 bits per heavy atom. The van der Waals surface area contributed by atoms with Crippen molar-refractivity contribution >= 4 is 45.2 Å². The third-order valence-electron chi connectivity index (χ3n) is 0.213. The number of hydrogen-bond acceptors (Lipinski definition) is 3. The van der Waals surface area contributed by atoms with Crippen molar-refractivity contribution in [2.45, 2.75) is 0 Å². The molecule has 0 bridgehead atoms. The van der Waals surface area contributed by atoms with Gasteiger partial charge in [0, 0.05) is 17.1 Å². The first-order valence-corrected chi connectivity index (χ1v) is 4.59. The van der Waals surface area contributed by atoms with E-state index in [1.807, 2.05) is 0 Å². The molecule has 11 heavy (non-hydrogen) atoms. The molecule has 7 nitrogen and oxygen atoms in total. The molecule has 0 saturated carbocycles. The zero-order valence-corrected chi connectivity index (χ0v) is 7.26. The summed E-state index contributed by atoms with van der Waals surface area (Å²) in [5, 5.41) is 0. The Hall–Kier alpha value is 1.78. The van der Waals surface area contributed by atoms with Crippen LogP contribution < -0.4 is 0 Å². The Morgan fingerprint density at radius 2 is 1.09 bits per heavy atom. The normalized spacial score (nSPS) is 11.3. The molecule has 0 aliphatic carbocycles. The van der Waals surface area contributed by atoms with Crippen LogP contribution in [0.5, 0.6) is 0 Å². The second-order valence-electron chi connectivity index (χ2n) is 1.06. The summed E-state index contributed by atoms with van der Waals surface area (Å²) in [6.07, 6.45) is 0. The Morgan fingerprint density at radius 1 is 0.909 bits per heavy atom. The summed E-state index contributed by atoms with van der Waals surface area (Å²) < 4.78 is 22.2. The SMILES string of the molecule is O=P(O)(O)OP(=O)(O)O.[Mn].[NaH]. The minimum absolute atomic E-state index is 0. The van der Waals surface area contributed by atoms with Crippen LogP contribution in [-0.4, -0.2) is 49.1 Å². The fourth-order valence-electron chi connectivity index (χ4n) is 0.139. The average molecular weight is 257 g/mol. The van der Waals surface area contributed by atoms with Gasteiger partial charge < -0.3 is 19.6 Å². The molecular formula is H5MnNaO7P2. The van der Waals surface area contributed by atoms with Gasteiger partial charge in [-0.15, -0.1) is 0 Å². The van der Waals surface area contributed by atoms with Gasteiger partial charge in [0.15, 0.2) is 0 Å². The van der Waals surface area contributed by atoms with Crippen LogP contribution in [-0.2, 0) is 30.5 Å². The summed E-state index contributed by atoms with van der Waals surface area (Å²) in [7, 11) is -10.1. The van der Waals surface area contributed by atoms with E-state index in [1.54, 1.807) is 0 Å². The number of phosphoric acid groups is 2. The standard InChI is InChI=1S/Mn.Na.H4O7P2.H/c;;1-8(2,3)7-9(4,5)6;/h;;(H2,1,2,3)(H2,4,5,6);. The summed E-state index contributed by atoms with van der Waals surface area (Å²) in [4.78, 5) is 31.0. The van der Waals surface area contributed by atoms with Gasteiger partial charge in [-0.1, -0.05) is 0 Å². The molecule has 4 N–H and O–H groups in total. The summed E-state index contributed by atoms with van der Waals surface area (Å²) >= 11 is 0. The molecule has 0 aromatic heterocycles. The Labute approximate surface area is 94.8 Å². The first-order chi connectivity index (χ1) is 3.71. The maximum absolute atomic E-state index is 9.63. The van der Waals surface area contributed by atoms with Crippen molar-refractivity contribution in [3.05, 3.63) is 0 Å². The number of hydrogen-bond donors (Lipinski definition) is 4. The molecule has 0 unspecified atom stereocenters. The molecule has 1 radical (unpaired) electrons. The van der Waals surface area contributed by atoms with Gasteiger partial charge in [-0.05, 0) is 0 Å². The van der Waals surface area contributed by atoms with Crippen LogP contribution in [0.2, 0.25) is 0 Å². The zero-order chi connectivity index (χ0) is 7.71. The molecule has 0 amide bonds. The van der Waals surface area contributed by atoms with Gasteiger partial charge in [-0.3, -0.25) is 0 Å². The molecule has 11 heteroatoms. The van der Waals surface area contributed by atoms with E-state index >= 15 is 0 Å². The van der Waals surface area contributed by atoms with Crippen molar-refractivity contribution in [3.8, 4) is 0 Å². The molecular weight excluding hydrogens is 252 g/mol. The van der Waals surface area contributed by atoms with E-state index < -0.39 is 15.6 Å².